The summed E-state index contributed by atoms with van der Waals surface area (Å²) < 4.78 is 29.3. The fourth-order valence-electron chi connectivity index (χ4n) is 0.898. The molecule has 0 aliphatic heterocycles. The minimum absolute atomic E-state index is 0.0816. The van der Waals surface area contributed by atoms with Crippen LogP contribution < -0.4 is 0 Å². The minimum Gasteiger partial charge on any atom is -0.478 e. The van der Waals surface area contributed by atoms with Crippen LogP contribution >= 0.6 is 0 Å². The van der Waals surface area contributed by atoms with Gasteiger partial charge in [0.15, 0.2) is 0 Å². The van der Waals surface area contributed by atoms with E-state index in [0.717, 1.165) is 24.3 Å². The number of hydrogen-bond donors (Lipinski definition) is 2. The lowest BCUT2D eigenvalue weighted by Crippen LogP contribution is -2.13. The van der Waals surface area contributed by atoms with Crippen molar-refractivity contribution in [3.63, 3.8) is 0 Å². The summed E-state index contributed by atoms with van der Waals surface area (Å²) in [6.07, 6.45) is 0. The van der Waals surface area contributed by atoms with E-state index < -0.39 is 21.2 Å². The van der Waals surface area contributed by atoms with Crippen molar-refractivity contribution in [3.05, 3.63) is 35.4 Å². The summed E-state index contributed by atoms with van der Waals surface area (Å²) in [7, 11) is -4.78. The van der Waals surface area contributed by atoms with Gasteiger partial charge in [0.05, 0.1) is 5.56 Å². The second-order valence-electron chi connectivity index (χ2n) is 2.65. The molecule has 0 bridgehead atoms. The fraction of sp³-hybridized carbons (Fsp3) is 0. The maximum atomic E-state index is 11.0. The highest BCUT2D eigenvalue weighted by Gasteiger charge is 2.20. The first-order valence-electron chi connectivity index (χ1n) is 3.67. The molecule has 1 aromatic rings. The van der Waals surface area contributed by atoms with Crippen LogP contribution in [-0.2, 0) is 10.1 Å². The van der Waals surface area contributed by atoms with E-state index in [1.807, 2.05) is 0 Å². The molecule has 0 saturated carbocycles. The van der Waals surface area contributed by atoms with Crippen molar-refractivity contribution in [2.24, 2.45) is 0 Å². The summed E-state index contributed by atoms with van der Waals surface area (Å²) in [5.41, 5.74) is -0.371. The van der Waals surface area contributed by atoms with Crippen molar-refractivity contribution in [2.75, 3.05) is 0 Å². The molecule has 7 heteroatoms. The predicted molar refractivity (Wildman–Crippen MR) is 49.3 cm³/mol. The monoisotopic (exact) mass is 230 g/mol. The van der Waals surface area contributed by atoms with E-state index in [-0.39, 0.29) is 11.1 Å². The summed E-state index contributed by atoms with van der Waals surface area (Å²) in [6.45, 7) is 0. The van der Waals surface area contributed by atoms with Crippen LogP contribution in [0.15, 0.2) is 24.3 Å². The van der Waals surface area contributed by atoms with Crippen molar-refractivity contribution in [2.45, 2.75) is 0 Å². The second-order valence-corrected chi connectivity index (χ2v) is 3.97. The van der Waals surface area contributed by atoms with Crippen molar-refractivity contribution >= 4 is 21.2 Å². The van der Waals surface area contributed by atoms with Crippen LogP contribution in [0.2, 0.25) is 0 Å². The van der Waals surface area contributed by atoms with E-state index in [1.54, 1.807) is 0 Å². The van der Waals surface area contributed by atoms with Crippen molar-refractivity contribution in [1.82, 2.24) is 0 Å². The Hall–Kier alpha value is -1.73. The highest BCUT2D eigenvalue weighted by Crippen LogP contribution is 2.07. The van der Waals surface area contributed by atoms with Crippen LogP contribution in [0.1, 0.15) is 20.7 Å². The predicted octanol–water partition coefficient (Wildman–Crippen LogP) is 0.413. The molecule has 0 amide bonds. The summed E-state index contributed by atoms with van der Waals surface area (Å²) in [6, 6.07) is 4.17. The van der Waals surface area contributed by atoms with Crippen LogP contribution in [0.25, 0.3) is 0 Å². The first-order valence-corrected chi connectivity index (χ1v) is 5.11. The third kappa shape index (κ3) is 2.61. The van der Waals surface area contributed by atoms with Gasteiger partial charge in [0.25, 0.3) is 0 Å². The van der Waals surface area contributed by atoms with Gasteiger partial charge in [-0.25, -0.2) is 4.79 Å². The SMILES string of the molecule is O=C(O)c1ccc(C(=O)S(=O)(=O)O)cc1. The molecular weight excluding hydrogens is 224 g/mol. The summed E-state index contributed by atoms with van der Waals surface area (Å²) in [5, 5.41) is 7.06. The molecule has 15 heavy (non-hydrogen) atoms. The van der Waals surface area contributed by atoms with Gasteiger partial charge in [-0.15, -0.1) is 0 Å². The zero-order valence-electron chi connectivity index (χ0n) is 7.25. The topological polar surface area (TPSA) is 109 Å². The molecule has 6 nitrogen and oxygen atoms in total. The van der Waals surface area contributed by atoms with Crippen molar-refractivity contribution < 1.29 is 27.7 Å². The average Bonchev–Trinajstić information content (AvgIpc) is 2.15. The molecule has 0 heterocycles. The van der Waals surface area contributed by atoms with E-state index in [9.17, 15) is 18.0 Å². The van der Waals surface area contributed by atoms with E-state index in [4.69, 9.17) is 9.66 Å². The molecular formula is C8H6O6S. The maximum Gasteiger partial charge on any atom is 0.335 e. The lowest BCUT2D eigenvalue weighted by Gasteiger charge is -1.97. The second kappa shape index (κ2) is 3.79. The highest BCUT2D eigenvalue weighted by molar-refractivity contribution is 8.01. The molecule has 80 valence electrons. The van der Waals surface area contributed by atoms with Gasteiger partial charge < -0.3 is 5.11 Å². The van der Waals surface area contributed by atoms with E-state index in [0.29, 0.717) is 0 Å². The Morgan fingerprint density at radius 3 is 1.73 bits per heavy atom. The number of benzene rings is 1. The van der Waals surface area contributed by atoms with Gasteiger partial charge in [-0.2, -0.15) is 8.42 Å². The Morgan fingerprint density at radius 1 is 1.00 bits per heavy atom. The first kappa shape index (κ1) is 11.3. The van der Waals surface area contributed by atoms with Gasteiger partial charge in [0.1, 0.15) is 0 Å². The van der Waals surface area contributed by atoms with Gasteiger partial charge in [0.2, 0.25) is 0 Å². The molecule has 2 N–H and O–H groups in total. The van der Waals surface area contributed by atoms with Gasteiger partial charge in [-0.3, -0.25) is 9.35 Å². The smallest absolute Gasteiger partial charge is 0.335 e. The number of hydrogen-bond acceptors (Lipinski definition) is 4. The van der Waals surface area contributed by atoms with E-state index >= 15 is 0 Å². The Labute approximate surface area is 84.9 Å². The number of carbonyl (C=O) groups excluding carboxylic acids is 1. The molecule has 0 atom stereocenters. The summed E-state index contributed by atoms with van der Waals surface area (Å²) >= 11 is 0. The zero-order chi connectivity index (χ0) is 11.6. The van der Waals surface area contributed by atoms with Gasteiger partial charge in [0, 0.05) is 5.56 Å². The lowest BCUT2D eigenvalue weighted by molar-refractivity contribution is 0.0696. The normalized spacial score (nSPS) is 11.0. The Kier molecular flexibility index (Phi) is 2.87. The summed E-state index contributed by atoms with van der Waals surface area (Å²) in [4.78, 5) is 21.4. The van der Waals surface area contributed by atoms with Crippen molar-refractivity contribution in [3.8, 4) is 0 Å². The molecule has 0 spiro atoms. The molecule has 0 radical (unpaired) electrons. The molecule has 0 aliphatic rings. The van der Waals surface area contributed by atoms with Crippen LogP contribution in [-0.4, -0.2) is 29.2 Å². The fourth-order valence-corrected chi connectivity index (χ4v) is 1.33. The third-order valence-corrected chi connectivity index (χ3v) is 2.31. The zero-order valence-corrected chi connectivity index (χ0v) is 8.06. The molecule has 1 aromatic carbocycles. The van der Waals surface area contributed by atoms with Crippen LogP contribution in [0, 0.1) is 0 Å². The molecule has 0 fully saturated rings. The number of carbonyl (C=O) groups is 2. The van der Waals surface area contributed by atoms with Crippen LogP contribution in [0.3, 0.4) is 0 Å². The standard InChI is InChI=1S/C8H6O6S/c9-7(10)5-1-3-6(4-2-5)8(11)15(12,13)14/h1-4H,(H,9,10)(H,12,13,14). The van der Waals surface area contributed by atoms with Gasteiger partial charge in [-0.1, -0.05) is 0 Å². The quantitative estimate of drug-likeness (QED) is 0.712. The van der Waals surface area contributed by atoms with Crippen molar-refractivity contribution in [1.29, 1.82) is 0 Å². The van der Waals surface area contributed by atoms with E-state index in [2.05, 4.69) is 0 Å². The molecule has 0 unspecified atom stereocenters. The number of carboxylic acid groups (broad SMARTS) is 1. The average molecular weight is 230 g/mol. The Morgan fingerprint density at radius 2 is 1.40 bits per heavy atom. The van der Waals surface area contributed by atoms with E-state index in [1.165, 1.54) is 0 Å². The maximum absolute atomic E-state index is 11.0. The van der Waals surface area contributed by atoms with Gasteiger partial charge >= 0.3 is 21.2 Å². The van der Waals surface area contributed by atoms with Crippen LogP contribution in [0.4, 0.5) is 0 Å². The number of rotatable bonds is 2. The Balaban J connectivity index is 3.11. The minimum atomic E-state index is -4.78. The van der Waals surface area contributed by atoms with Gasteiger partial charge in [-0.05, 0) is 24.3 Å². The highest BCUT2D eigenvalue weighted by atomic mass is 32.2. The molecule has 0 aliphatic carbocycles. The number of aromatic carboxylic acids is 1. The summed E-state index contributed by atoms with van der Waals surface area (Å²) in [5.74, 6) is -1.19. The van der Waals surface area contributed by atoms with Crippen LogP contribution in [0.5, 0.6) is 0 Å². The largest absolute Gasteiger partial charge is 0.478 e. The molecule has 1 rings (SSSR count). The lowest BCUT2D eigenvalue weighted by atomic mass is 10.1. The Bertz CT molecular complexity index is 498. The molecule has 0 saturated heterocycles. The number of carboxylic acids is 1. The first-order chi connectivity index (χ1) is 6.82. The molecule has 0 aromatic heterocycles. The third-order valence-electron chi connectivity index (χ3n) is 1.60.